The standard InChI is InChI=1S/C19H23N7O6.C6H13NO5/c20-19-25-15-14(17(30)26-19)23-11(8-22-15)7-21-10-3-1-9(2-4-10)16(29)24-12(18(31)32)5-6-13(27)28;7-3-5(10)4(9)2(1-8)12-6(3)11/h1-4,11-12,21,23H,5-8H2,(H,24,29)(H,27,28)(H,31,32)(H4,20,22,25,26,30);2-6,8-11H,1,7H2/t11?,12-;2-,3-,4+,5-,6?/m01/s1. The summed E-state index contributed by atoms with van der Waals surface area (Å²) < 4.78 is 4.70. The third kappa shape index (κ3) is 8.99. The third-order valence-corrected chi connectivity index (χ3v) is 6.70. The normalized spacial score (nSPS) is 24.7. The lowest BCUT2D eigenvalue weighted by atomic mass is 9.98. The summed E-state index contributed by atoms with van der Waals surface area (Å²) in [5.41, 5.74) is 11.7. The quantitative estimate of drug-likeness (QED) is 0.122. The number of nitrogen functional groups attached to an aromatic ring is 1. The summed E-state index contributed by atoms with van der Waals surface area (Å²) in [5.74, 6) is -2.64. The Morgan fingerprint density at radius 3 is 2.41 bits per heavy atom. The third-order valence-electron chi connectivity index (χ3n) is 6.70. The summed E-state index contributed by atoms with van der Waals surface area (Å²) in [4.78, 5) is 52.6. The number of carboxylic acid groups (broad SMARTS) is 2. The monoisotopic (exact) mass is 624 g/mol. The van der Waals surface area contributed by atoms with Gasteiger partial charge in [-0.2, -0.15) is 4.98 Å². The van der Waals surface area contributed by atoms with Gasteiger partial charge in [0.15, 0.2) is 12.1 Å². The number of rotatable bonds is 10. The molecular weight excluding hydrogens is 588 g/mol. The van der Waals surface area contributed by atoms with E-state index in [2.05, 4.69) is 31.2 Å². The topological polar surface area (TPSA) is 328 Å². The van der Waals surface area contributed by atoms with E-state index in [0.717, 1.165) is 0 Å². The van der Waals surface area contributed by atoms with Crippen LogP contribution in [0.5, 0.6) is 0 Å². The minimum atomic E-state index is -1.35. The number of carboxylic acids is 2. The molecule has 1 amide bonds. The minimum absolute atomic E-state index is 0.0281. The van der Waals surface area contributed by atoms with Gasteiger partial charge in [-0.25, -0.2) is 4.79 Å². The number of hydrogen-bond acceptors (Lipinski definition) is 15. The molecule has 2 aliphatic rings. The molecule has 1 saturated heterocycles. The van der Waals surface area contributed by atoms with Gasteiger partial charge in [-0.1, -0.05) is 0 Å². The lowest BCUT2D eigenvalue weighted by molar-refractivity contribution is -0.248. The second-order valence-corrected chi connectivity index (χ2v) is 9.96. The number of nitrogens with one attached hydrogen (secondary N) is 5. The van der Waals surface area contributed by atoms with Crippen molar-refractivity contribution in [1.29, 1.82) is 0 Å². The van der Waals surface area contributed by atoms with Crippen LogP contribution in [0.25, 0.3) is 0 Å². The number of benzene rings is 1. The highest BCUT2D eigenvalue weighted by molar-refractivity contribution is 5.97. The molecule has 1 fully saturated rings. The van der Waals surface area contributed by atoms with Crippen molar-refractivity contribution in [2.45, 2.75) is 55.6 Å². The van der Waals surface area contributed by atoms with E-state index in [-0.39, 0.29) is 36.0 Å². The van der Waals surface area contributed by atoms with Crippen molar-refractivity contribution >= 4 is 41.0 Å². The molecular formula is C25H36N8O11. The van der Waals surface area contributed by atoms with Crippen LogP contribution in [0.3, 0.4) is 0 Å². The first kappa shape index (κ1) is 34.0. The lowest BCUT2D eigenvalue weighted by Gasteiger charge is -2.38. The van der Waals surface area contributed by atoms with Gasteiger partial charge in [-0.3, -0.25) is 19.4 Å². The van der Waals surface area contributed by atoms with Crippen molar-refractivity contribution in [1.82, 2.24) is 15.3 Å². The van der Waals surface area contributed by atoms with E-state index in [1.54, 1.807) is 12.1 Å². The molecule has 0 aliphatic carbocycles. The molecule has 2 aromatic rings. The van der Waals surface area contributed by atoms with Crippen LogP contribution in [0.4, 0.5) is 23.1 Å². The Morgan fingerprint density at radius 1 is 1.11 bits per heavy atom. The van der Waals surface area contributed by atoms with Crippen LogP contribution in [0.2, 0.25) is 0 Å². The fourth-order valence-electron chi connectivity index (χ4n) is 4.22. The number of nitrogens with zero attached hydrogens (tertiary/aromatic N) is 1. The maximum atomic E-state index is 12.3. The molecule has 0 spiro atoms. The Bertz CT molecular complexity index is 1350. The molecule has 1 aromatic heterocycles. The molecule has 0 radical (unpaired) electrons. The lowest BCUT2D eigenvalue weighted by Crippen LogP contribution is -2.61. The highest BCUT2D eigenvalue weighted by Gasteiger charge is 2.41. The highest BCUT2D eigenvalue weighted by Crippen LogP contribution is 2.20. The van der Waals surface area contributed by atoms with Crippen LogP contribution in [0.1, 0.15) is 23.2 Å². The van der Waals surface area contributed by atoms with Gasteiger partial charge in [0.2, 0.25) is 5.95 Å². The largest absolute Gasteiger partial charge is 0.481 e. The number of hydrogen-bond donors (Lipinski definition) is 13. The molecule has 0 saturated carbocycles. The number of aromatic amines is 1. The molecule has 242 valence electrons. The zero-order valence-corrected chi connectivity index (χ0v) is 23.2. The second kappa shape index (κ2) is 15.3. The van der Waals surface area contributed by atoms with Gasteiger partial charge in [0.1, 0.15) is 30.0 Å². The van der Waals surface area contributed by atoms with Crippen molar-refractivity contribution in [2.75, 3.05) is 41.4 Å². The van der Waals surface area contributed by atoms with E-state index in [0.29, 0.717) is 30.3 Å². The number of H-pyrrole nitrogens is 1. The number of ether oxygens (including phenoxy) is 1. The molecule has 19 heteroatoms. The Labute approximate surface area is 249 Å². The molecule has 1 aromatic carbocycles. The smallest absolute Gasteiger partial charge is 0.326 e. The predicted molar refractivity (Wildman–Crippen MR) is 154 cm³/mol. The van der Waals surface area contributed by atoms with Gasteiger partial charge in [-0.05, 0) is 30.7 Å². The van der Waals surface area contributed by atoms with Gasteiger partial charge in [-0.15, -0.1) is 0 Å². The number of aromatic nitrogens is 2. The second-order valence-electron chi connectivity index (χ2n) is 9.96. The van der Waals surface area contributed by atoms with E-state index in [1.807, 2.05) is 0 Å². The number of aliphatic carboxylic acids is 2. The summed E-state index contributed by atoms with van der Waals surface area (Å²) in [6, 6.07) is 3.89. The molecule has 15 N–H and O–H groups in total. The van der Waals surface area contributed by atoms with E-state index >= 15 is 0 Å². The molecule has 3 heterocycles. The zero-order valence-electron chi connectivity index (χ0n) is 23.2. The number of carbonyl (C=O) groups is 3. The molecule has 7 atom stereocenters. The van der Waals surface area contributed by atoms with Crippen molar-refractivity contribution in [2.24, 2.45) is 5.73 Å². The number of anilines is 4. The maximum Gasteiger partial charge on any atom is 0.326 e. The summed E-state index contributed by atoms with van der Waals surface area (Å²) in [6.45, 7) is 0.489. The molecule has 4 rings (SSSR count). The van der Waals surface area contributed by atoms with Gasteiger partial charge in [0, 0.05) is 30.8 Å². The summed E-state index contributed by atoms with van der Waals surface area (Å²) in [6.07, 6.45) is -5.44. The molecule has 2 unspecified atom stereocenters. The first-order valence-electron chi connectivity index (χ1n) is 13.4. The van der Waals surface area contributed by atoms with Crippen LogP contribution < -0.4 is 38.3 Å². The number of aliphatic hydroxyl groups excluding tert-OH is 4. The Kier molecular flexibility index (Phi) is 11.8. The van der Waals surface area contributed by atoms with Crippen LogP contribution in [-0.2, 0) is 14.3 Å². The number of carbonyl (C=O) groups excluding carboxylic acids is 1. The van der Waals surface area contributed by atoms with Gasteiger partial charge in [0.05, 0.1) is 18.7 Å². The summed E-state index contributed by atoms with van der Waals surface area (Å²) in [7, 11) is 0. The van der Waals surface area contributed by atoms with Crippen molar-refractivity contribution in [3.05, 3.63) is 40.2 Å². The number of nitrogens with two attached hydrogens (primary N) is 2. The van der Waals surface area contributed by atoms with Crippen molar-refractivity contribution < 1.29 is 49.8 Å². The van der Waals surface area contributed by atoms with Crippen LogP contribution >= 0.6 is 0 Å². The fraction of sp³-hybridized carbons (Fsp3) is 0.480. The Morgan fingerprint density at radius 2 is 1.80 bits per heavy atom. The van der Waals surface area contributed by atoms with Gasteiger partial charge < -0.3 is 68.1 Å². The SMILES string of the molecule is N[C@H]1C(O)O[C@H](CO)[C@H](O)[C@@H]1O.Nc1nc2c(c(=O)[nH]1)NC(CNc1ccc(C(=O)N[C@@H](CCC(=O)O)C(=O)O)cc1)CN2. The number of amides is 1. The summed E-state index contributed by atoms with van der Waals surface area (Å²) in [5, 5.41) is 65.6. The first-order chi connectivity index (χ1) is 20.8. The van der Waals surface area contributed by atoms with E-state index in [4.69, 9.17) is 36.6 Å². The fourth-order valence-corrected chi connectivity index (χ4v) is 4.22. The molecule has 2 aliphatic heterocycles. The Balaban J connectivity index is 0.000000369. The maximum absolute atomic E-state index is 12.3. The number of aliphatic hydroxyl groups is 4. The van der Waals surface area contributed by atoms with Crippen LogP contribution in [0, 0.1) is 0 Å². The number of fused-ring (bicyclic) bond motifs is 1. The van der Waals surface area contributed by atoms with Crippen LogP contribution in [0.15, 0.2) is 29.1 Å². The van der Waals surface area contributed by atoms with Gasteiger partial charge in [0.25, 0.3) is 11.5 Å². The van der Waals surface area contributed by atoms with E-state index in [9.17, 15) is 29.4 Å². The molecule has 44 heavy (non-hydrogen) atoms. The summed E-state index contributed by atoms with van der Waals surface area (Å²) >= 11 is 0. The molecule has 19 nitrogen and oxygen atoms in total. The minimum Gasteiger partial charge on any atom is -0.481 e. The van der Waals surface area contributed by atoms with Crippen LogP contribution in [-0.4, -0.2) is 121 Å². The molecule has 0 bridgehead atoms. The average molecular weight is 625 g/mol. The van der Waals surface area contributed by atoms with Gasteiger partial charge >= 0.3 is 11.9 Å². The van der Waals surface area contributed by atoms with E-state index in [1.165, 1.54) is 12.1 Å². The predicted octanol–water partition coefficient (Wildman–Crippen LogP) is -3.54. The van der Waals surface area contributed by atoms with Crippen molar-refractivity contribution in [3.63, 3.8) is 0 Å². The first-order valence-corrected chi connectivity index (χ1v) is 13.4. The average Bonchev–Trinajstić information content (AvgIpc) is 2.99. The zero-order chi connectivity index (χ0) is 32.6. The van der Waals surface area contributed by atoms with E-state index < -0.39 is 61.1 Å². The highest BCUT2D eigenvalue weighted by atomic mass is 16.6. The Hall–Kier alpha value is -4.53. The van der Waals surface area contributed by atoms with Crippen molar-refractivity contribution in [3.8, 4) is 0 Å².